The Morgan fingerprint density at radius 3 is 2.64 bits per heavy atom. The molecule has 14 heavy (non-hydrogen) atoms. The van der Waals surface area contributed by atoms with E-state index in [4.69, 9.17) is 5.73 Å². The van der Waals surface area contributed by atoms with Crippen molar-refractivity contribution in [2.75, 3.05) is 6.54 Å². The van der Waals surface area contributed by atoms with Crippen molar-refractivity contribution >= 4 is 0 Å². The topological polar surface area (TPSA) is 38.0 Å². The van der Waals surface area contributed by atoms with Crippen molar-refractivity contribution in [1.82, 2.24) is 5.32 Å². The smallest absolute Gasteiger partial charge is 0.00824 e. The molecule has 2 rings (SSSR count). The SMILES string of the molecule is CC1CCCC1CNC1CCC(N)C1. The lowest BCUT2D eigenvalue weighted by Gasteiger charge is -2.19. The fourth-order valence-corrected chi connectivity index (χ4v) is 3.05. The van der Waals surface area contributed by atoms with E-state index in [1.807, 2.05) is 0 Å². The van der Waals surface area contributed by atoms with Gasteiger partial charge in [0.1, 0.15) is 0 Å². The minimum atomic E-state index is 0.466. The maximum Gasteiger partial charge on any atom is 0.00824 e. The zero-order valence-corrected chi connectivity index (χ0v) is 9.34. The number of rotatable bonds is 3. The highest BCUT2D eigenvalue weighted by Gasteiger charge is 2.26. The largest absolute Gasteiger partial charge is 0.328 e. The molecule has 0 aliphatic heterocycles. The minimum absolute atomic E-state index is 0.466. The van der Waals surface area contributed by atoms with Crippen LogP contribution in [0.3, 0.4) is 0 Å². The van der Waals surface area contributed by atoms with Crippen LogP contribution in [0.1, 0.15) is 45.4 Å². The van der Waals surface area contributed by atoms with E-state index in [-0.39, 0.29) is 0 Å². The van der Waals surface area contributed by atoms with Crippen LogP contribution in [-0.4, -0.2) is 18.6 Å². The predicted octanol–water partition coefficient (Wildman–Crippen LogP) is 1.89. The van der Waals surface area contributed by atoms with Gasteiger partial charge in [-0.15, -0.1) is 0 Å². The Kier molecular flexibility index (Phi) is 3.45. The van der Waals surface area contributed by atoms with E-state index in [0.717, 1.165) is 17.9 Å². The van der Waals surface area contributed by atoms with Gasteiger partial charge in [-0.25, -0.2) is 0 Å². The third-order valence-corrected chi connectivity index (χ3v) is 4.18. The average molecular weight is 196 g/mol. The van der Waals surface area contributed by atoms with Gasteiger partial charge in [-0.2, -0.15) is 0 Å². The van der Waals surface area contributed by atoms with Crippen LogP contribution in [0, 0.1) is 11.8 Å². The molecule has 0 saturated heterocycles. The van der Waals surface area contributed by atoms with Crippen molar-refractivity contribution in [2.24, 2.45) is 17.6 Å². The van der Waals surface area contributed by atoms with Gasteiger partial charge in [0.2, 0.25) is 0 Å². The molecule has 2 fully saturated rings. The van der Waals surface area contributed by atoms with Crippen molar-refractivity contribution in [3.05, 3.63) is 0 Å². The van der Waals surface area contributed by atoms with E-state index in [2.05, 4.69) is 12.2 Å². The van der Waals surface area contributed by atoms with Crippen LogP contribution in [0.15, 0.2) is 0 Å². The summed E-state index contributed by atoms with van der Waals surface area (Å²) in [4.78, 5) is 0. The van der Waals surface area contributed by atoms with Crippen LogP contribution in [0.5, 0.6) is 0 Å². The molecule has 2 aliphatic carbocycles. The zero-order chi connectivity index (χ0) is 9.97. The Morgan fingerprint density at radius 1 is 1.21 bits per heavy atom. The monoisotopic (exact) mass is 196 g/mol. The highest BCUT2D eigenvalue weighted by Crippen LogP contribution is 2.30. The normalized spacial score (nSPS) is 43.3. The molecule has 4 atom stereocenters. The molecule has 2 saturated carbocycles. The first kappa shape index (κ1) is 10.4. The third kappa shape index (κ3) is 2.48. The van der Waals surface area contributed by atoms with Crippen LogP contribution in [0.4, 0.5) is 0 Å². The molecule has 82 valence electrons. The molecule has 0 amide bonds. The summed E-state index contributed by atoms with van der Waals surface area (Å²) in [7, 11) is 0. The molecule has 0 bridgehead atoms. The molecule has 4 unspecified atom stereocenters. The maximum atomic E-state index is 5.90. The van der Waals surface area contributed by atoms with E-state index in [1.165, 1.54) is 45.1 Å². The van der Waals surface area contributed by atoms with Crippen molar-refractivity contribution < 1.29 is 0 Å². The quantitative estimate of drug-likeness (QED) is 0.723. The van der Waals surface area contributed by atoms with Crippen molar-refractivity contribution in [3.63, 3.8) is 0 Å². The molecule has 2 aliphatic rings. The van der Waals surface area contributed by atoms with E-state index in [9.17, 15) is 0 Å². The summed E-state index contributed by atoms with van der Waals surface area (Å²) in [5, 5.41) is 3.70. The molecule has 0 aromatic rings. The van der Waals surface area contributed by atoms with E-state index in [0.29, 0.717) is 6.04 Å². The van der Waals surface area contributed by atoms with Gasteiger partial charge >= 0.3 is 0 Å². The van der Waals surface area contributed by atoms with Gasteiger partial charge in [-0.3, -0.25) is 0 Å². The average Bonchev–Trinajstić information content (AvgIpc) is 2.72. The van der Waals surface area contributed by atoms with E-state index in [1.54, 1.807) is 0 Å². The molecular formula is C12H24N2. The van der Waals surface area contributed by atoms with Gasteiger partial charge in [-0.1, -0.05) is 19.8 Å². The Hall–Kier alpha value is -0.0800. The highest BCUT2D eigenvalue weighted by molar-refractivity contribution is 4.84. The number of nitrogens with one attached hydrogen (secondary N) is 1. The van der Waals surface area contributed by atoms with E-state index >= 15 is 0 Å². The second-order valence-electron chi connectivity index (χ2n) is 5.35. The summed E-state index contributed by atoms with van der Waals surface area (Å²) >= 11 is 0. The summed E-state index contributed by atoms with van der Waals surface area (Å²) in [6.07, 6.45) is 8.03. The second kappa shape index (κ2) is 4.63. The molecular weight excluding hydrogens is 172 g/mol. The molecule has 0 aromatic carbocycles. The molecule has 3 N–H and O–H groups in total. The Balaban J connectivity index is 1.67. The Labute approximate surface area is 87.6 Å². The Morgan fingerprint density at radius 2 is 2.07 bits per heavy atom. The summed E-state index contributed by atoms with van der Waals surface area (Å²) < 4.78 is 0. The number of hydrogen-bond donors (Lipinski definition) is 2. The second-order valence-corrected chi connectivity index (χ2v) is 5.35. The molecule has 2 heteroatoms. The summed E-state index contributed by atoms with van der Waals surface area (Å²) in [6, 6.07) is 1.19. The van der Waals surface area contributed by atoms with E-state index < -0.39 is 0 Å². The van der Waals surface area contributed by atoms with Crippen LogP contribution in [0.25, 0.3) is 0 Å². The summed E-state index contributed by atoms with van der Waals surface area (Å²) in [6.45, 7) is 3.64. The third-order valence-electron chi connectivity index (χ3n) is 4.18. The van der Waals surface area contributed by atoms with Crippen molar-refractivity contribution in [2.45, 2.75) is 57.5 Å². The molecule has 0 spiro atoms. The standard InChI is InChI=1S/C12H24N2/c1-9-3-2-4-10(9)8-14-12-6-5-11(13)7-12/h9-12,14H,2-8,13H2,1H3. The van der Waals surface area contributed by atoms with Crippen LogP contribution in [0.2, 0.25) is 0 Å². The van der Waals surface area contributed by atoms with Crippen LogP contribution in [-0.2, 0) is 0 Å². The van der Waals surface area contributed by atoms with Gasteiger partial charge in [0.15, 0.2) is 0 Å². The first-order valence-corrected chi connectivity index (χ1v) is 6.24. The van der Waals surface area contributed by atoms with Gasteiger partial charge < -0.3 is 11.1 Å². The van der Waals surface area contributed by atoms with Crippen molar-refractivity contribution in [3.8, 4) is 0 Å². The molecule has 0 radical (unpaired) electrons. The first-order valence-electron chi connectivity index (χ1n) is 6.24. The van der Waals surface area contributed by atoms with Gasteiger partial charge in [0.25, 0.3) is 0 Å². The summed E-state index contributed by atoms with van der Waals surface area (Å²) in [5.74, 6) is 1.88. The van der Waals surface area contributed by atoms with Gasteiger partial charge in [-0.05, 0) is 44.1 Å². The fraction of sp³-hybridized carbons (Fsp3) is 1.00. The van der Waals surface area contributed by atoms with Gasteiger partial charge in [0, 0.05) is 12.1 Å². The lowest BCUT2D eigenvalue weighted by atomic mass is 9.98. The number of nitrogens with two attached hydrogens (primary N) is 1. The predicted molar refractivity (Wildman–Crippen MR) is 60.1 cm³/mol. The minimum Gasteiger partial charge on any atom is -0.328 e. The number of hydrogen-bond acceptors (Lipinski definition) is 2. The maximum absolute atomic E-state index is 5.90. The first-order chi connectivity index (χ1) is 6.75. The molecule has 2 nitrogen and oxygen atoms in total. The van der Waals surface area contributed by atoms with Gasteiger partial charge in [0.05, 0.1) is 0 Å². The molecule has 0 heterocycles. The molecule has 0 aromatic heterocycles. The lowest BCUT2D eigenvalue weighted by molar-refractivity contribution is 0.366. The Bertz CT molecular complexity index is 181. The van der Waals surface area contributed by atoms with Crippen LogP contribution < -0.4 is 11.1 Å². The zero-order valence-electron chi connectivity index (χ0n) is 9.34. The van der Waals surface area contributed by atoms with Crippen LogP contribution >= 0.6 is 0 Å². The highest BCUT2D eigenvalue weighted by atomic mass is 14.9. The lowest BCUT2D eigenvalue weighted by Crippen LogP contribution is -2.33. The van der Waals surface area contributed by atoms with Crippen molar-refractivity contribution in [1.29, 1.82) is 0 Å². The summed E-state index contributed by atoms with van der Waals surface area (Å²) in [5.41, 5.74) is 5.90. The fourth-order valence-electron chi connectivity index (χ4n) is 3.05.